The van der Waals surface area contributed by atoms with Crippen LogP contribution in [0.2, 0.25) is 0 Å². The fraction of sp³-hybridized carbons (Fsp3) is 0.857. The molecule has 1 fully saturated rings. The van der Waals surface area contributed by atoms with Crippen LogP contribution in [-0.4, -0.2) is 42.0 Å². The fourth-order valence-corrected chi connectivity index (χ4v) is 2.07. The van der Waals surface area contributed by atoms with Crippen molar-refractivity contribution in [3.8, 4) is 0 Å². The number of hydrogen-bond acceptors (Lipinski definition) is 5. The van der Waals surface area contributed by atoms with Gasteiger partial charge in [0.1, 0.15) is 5.60 Å². The maximum Gasteiger partial charge on any atom is 0.444 e. The molecule has 116 valence electrons. The Balaban J connectivity index is 2.76. The quantitative estimate of drug-likeness (QED) is 0.730. The standard InChI is InChI=1S/C14H25NO5/c1-10(12-7-6-8-18-9-12)15(20-11(2)16)13(17)19-14(3,4)5/h10,12H,6-9H2,1-5H3. The van der Waals surface area contributed by atoms with E-state index in [9.17, 15) is 9.59 Å². The molecule has 0 saturated carbocycles. The summed E-state index contributed by atoms with van der Waals surface area (Å²) in [5.41, 5.74) is -0.641. The first-order valence-corrected chi connectivity index (χ1v) is 6.99. The maximum absolute atomic E-state index is 12.2. The van der Waals surface area contributed by atoms with Crippen LogP contribution in [0.4, 0.5) is 4.79 Å². The third-order valence-corrected chi connectivity index (χ3v) is 3.05. The van der Waals surface area contributed by atoms with Crippen LogP contribution in [0, 0.1) is 5.92 Å². The van der Waals surface area contributed by atoms with Gasteiger partial charge in [0.15, 0.2) is 0 Å². The topological polar surface area (TPSA) is 65.1 Å². The van der Waals surface area contributed by atoms with Gasteiger partial charge in [-0.3, -0.25) is 4.79 Å². The second kappa shape index (κ2) is 6.92. The molecule has 0 aliphatic carbocycles. The summed E-state index contributed by atoms with van der Waals surface area (Å²) in [6.07, 6.45) is 1.23. The number of hydrogen-bond donors (Lipinski definition) is 0. The van der Waals surface area contributed by atoms with Gasteiger partial charge < -0.3 is 14.3 Å². The van der Waals surface area contributed by atoms with Gasteiger partial charge in [-0.2, -0.15) is 0 Å². The summed E-state index contributed by atoms with van der Waals surface area (Å²) < 4.78 is 10.7. The molecule has 0 aromatic carbocycles. The third-order valence-electron chi connectivity index (χ3n) is 3.05. The van der Waals surface area contributed by atoms with Crippen LogP contribution in [0.15, 0.2) is 0 Å². The summed E-state index contributed by atoms with van der Waals surface area (Å²) in [6, 6.07) is -0.283. The molecular formula is C14H25NO5. The van der Waals surface area contributed by atoms with Crippen molar-refractivity contribution in [3.05, 3.63) is 0 Å². The highest BCUT2D eigenvalue weighted by Gasteiger charge is 2.34. The molecule has 1 aliphatic heterocycles. The van der Waals surface area contributed by atoms with Crippen molar-refractivity contribution in [2.24, 2.45) is 5.92 Å². The lowest BCUT2D eigenvalue weighted by Gasteiger charge is -2.35. The Labute approximate surface area is 120 Å². The van der Waals surface area contributed by atoms with Gasteiger partial charge in [0.2, 0.25) is 0 Å². The summed E-state index contributed by atoms with van der Waals surface area (Å²) in [7, 11) is 0. The Hall–Kier alpha value is -1.30. The van der Waals surface area contributed by atoms with Crippen LogP contribution < -0.4 is 0 Å². The van der Waals surface area contributed by atoms with Gasteiger partial charge in [0.05, 0.1) is 12.6 Å². The number of rotatable bonds is 2. The molecule has 2 atom stereocenters. The summed E-state index contributed by atoms with van der Waals surface area (Å²) in [5, 5.41) is 1.03. The van der Waals surface area contributed by atoms with Gasteiger partial charge in [0.25, 0.3) is 0 Å². The lowest BCUT2D eigenvalue weighted by Crippen LogP contribution is -2.47. The lowest BCUT2D eigenvalue weighted by atomic mass is 9.95. The van der Waals surface area contributed by atoms with Gasteiger partial charge in [-0.15, -0.1) is 5.06 Å². The number of hydroxylamine groups is 2. The second-order valence-corrected chi connectivity index (χ2v) is 6.11. The molecule has 0 aromatic rings. The Bertz CT molecular complexity index is 344. The minimum atomic E-state index is -0.647. The first kappa shape index (κ1) is 16.8. The van der Waals surface area contributed by atoms with Crippen LogP contribution in [-0.2, 0) is 19.1 Å². The van der Waals surface area contributed by atoms with E-state index in [0.29, 0.717) is 6.61 Å². The molecule has 1 rings (SSSR count). The number of carbonyl (C=O) groups is 2. The zero-order chi connectivity index (χ0) is 15.3. The zero-order valence-corrected chi connectivity index (χ0v) is 13.0. The Morgan fingerprint density at radius 2 is 2.00 bits per heavy atom. The fourth-order valence-electron chi connectivity index (χ4n) is 2.07. The minimum Gasteiger partial charge on any atom is -0.442 e. The van der Waals surface area contributed by atoms with Gasteiger partial charge in [-0.05, 0) is 40.5 Å². The molecule has 6 nitrogen and oxygen atoms in total. The van der Waals surface area contributed by atoms with E-state index in [-0.39, 0.29) is 12.0 Å². The van der Waals surface area contributed by atoms with Crippen molar-refractivity contribution < 1.29 is 23.9 Å². The normalized spacial score (nSPS) is 20.9. The van der Waals surface area contributed by atoms with Crippen LogP contribution in [0.1, 0.15) is 47.5 Å². The highest BCUT2D eigenvalue weighted by Crippen LogP contribution is 2.23. The molecule has 0 spiro atoms. The summed E-state index contributed by atoms with van der Waals surface area (Å²) in [5.74, 6) is -0.407. The smallest absolute Gasteiger partial charge is 0.442 e. The van der Waals surface area contributed by atoms with Gasteiger partial charge in [0, 0.05) is 19.4 Å². The molecule has 6 heteroatoms. The average molecular weight is 287 g/mol. The molecule has 0 aromatic heterocycles. The van der Waals surface area contributed by atoms with Gasteiger partial charge in [-0.1, -0.05) is 0 Å². The Morgan fingerprint density at radius 1 is 1.35 bits per heavy atom. The minimum absolute atomic E-state index is 0.135. The first-order chi connectivity index (χ1) is 9.20. The highest BCUT2D eigenvalue weighted by molar-refractivity contribution is 5.72. The average Bonchev–Trinajstić information content (AvgIpc) is 2.34. The van der Waals surface area contributed by atoms with Crippen molar-refractivity contribution in [3.63, 3.8) is 0 Å². The van der Waals surface area contributed by atoms with E-state index < -0.39 is 17.7 Å². The molecule has 1 amide bonds. The van der Waals surface area contributed by atoms with Crippen LogP contribution in [0.5, 0.6) is 0 Å². The molecular weight excluding hydrogens is 262 g/mol. The van der Waals surface area contributed by atoms with E-state index in [1.54, 1.807) is 20.8 Å². The number of carbonyl (C=O) groups excluding carboxylic acids is 2. The third kappa shape index (κ3) is 5.36. The Morgan fingerprint density at radius 3 is 2.45 bits per heavy atom. The number of amides is 1. The van der Waals surface area contributed by atoms with Crippen LogP contribution >= 0.6 is 0 Å². The van der Waals surface area contributed by atoms with Gasteiger partial charge >= 0.3 is 12.1 Å². The van der Waals surface area contributed by atoms with Crippen molar-refractivity contribution >= 4 is 12.1 Å². The van der Waals surface area contributed by atoms with Crippen molar-refractivity contribution in [2.45, 2.75) is 59.1 Å². The Kier molecular flexibility index (Phi) is 5.80. The second-order valence-electron chi connectivity index (χ2n) is 6.11. The van der Waals surface area contributed by atoms with E-state index in [1.165, 1.54) is 6.92 Å². The number of nitrogens with zero attached hydrogens (tertiary/aromatic N) is 1. The molecule has 0 radical (unpaired) electrons. The van der Waals surface area contributed by atoms with Crippen molar-refractivity contribution in [1.29, 1.82) is 0 Å². The molecule has 2 unspecified atom stereocenters. The molecule has 20 heavy (non-hydrogen) atoms. The largest absolute Gasteiger partial charge is 0.444 e. The monoisotopic (exact) mass is 287 g/mol. The maximum atomic E-state index is 12.2. The molecule has 0 bridgehead atoms. The van der Waals surface area contributed by atoms with E-state index >= 15 is 0 Å². The zero-order valence-electron chi connectivity index (χ0n) is 13.0. The van der Waals surface area contributed by atoms with E-state index in [0.717, 1.165) is 24.5 Å². The summed E-state index contributed by atoms with van der Waals surface area (Å²) in [6.45, 7) is 9.71. The van der Waals surface area contributed by atoms with Crippen molar-refractivity contribution in [2.75, 3.05) is 13.2 Å². The summed E-state index contributed by atoms with van der Waals surface area (Å²) >= 11 is 0. The predicted molar refractivity (Wildman–Crippen MR) is 72.8 cm³/mol. The lowest BCUT2D eigenvalue weighted by molar-refractivity contribution is -0.197. The first-order valence-electron chi connectivity index (χ1n) is 6.99. The highest BCUT2D eigenvalue weighted by atomic mass is 16.8. The molecule has 1 aliphatic rings. The van der Waals surface area contributed by atoms with E-state index in [1.807, 2.05) is 6.92 Å². The van der Waals surface area contributed by atoms with Crippen LogP contribution in [0.25, 0.3) is 0 Å². The van der Waals surface area contributed by atoms with E-state index in [2.05, 4.69) is 0 Å². The van der Waals surface area contributed by atoms with Crippen LogP contribution in [0.3, 0.4) is 0 Å². The molecule has 1 saturated heterocycles. The van der Waals surface area contributed by atoms with Gasteiger partial charge in [-0.25, -0.2) is 4.79 Å². The predicted octanol–water partition coefficient (Wildman–Crippen LogP) is 2.52. The molecule has 0 N–H and O–H groups in total. The number of ether oxygens (including phenoxy) is 2. The molecule has 1 heterocycles. The van der Waals surface area contributed by atoms with E-state index in [4.69, 9.17) is 14.3 Å². The van der Waals surface area contributed by atoms with Crippen molar-refractivity contribution in [1.82, 2.24) is 5.06 Å². The summed E-state index contributed by atoms with van der Waals surface area (Å²) in [4.78, 5) is 28.4. The SMILES string of the molecule is CC(=O)ON(C(=O)OC(C)(C)C)C(C)C1CCCOC1.